The van der Waals surface area contributed by atoms with E-state index in [-0.39, 0.29) is 0 Å². The maximum Gasteiger partial charge on any atom is 0.220 e. The predicted molar refractivity (Wildman–Crippen MR) is 129 cm³/mol. The molecule has 3 aromatic rings. The van der Waals surface area contributed by atoms with E-state index in [0.29, 0.717) is 5.92 Å². The second-order valence-corrected chi connectivity index (χ2v) is 14.8. The molecule has 1 saturated carbocycles. The van der Waals surface area contributed by atoms with Crippen molar-refractivity contribution >= 4 is 24.0 Å². The summed E-state index contributed by atoms with van der Waals surface area (Å²) in [5.74, 6) is 0.541. The van der Waals surface area contributed by atoms with E-state index in [4.69, 9.17) is 0 Å². The van der Waals surface area contributed by atoms with Crippen LogP contribution in [0, 0.1) is 6.92 Å². The molecule has 1 heterocycles. The largest absolute Gasteiger partial charge is 0.220 e. The molecule has 0 amide bonds. The third kappa shape index (κ3) is 3.68. The number of aromatic nitrogens is 1. The quantitative estimate of drug-likeness (QED) is 0.341. The minimum absolute atomic E-state index is 0.541. The first-order valence-corrected chi connectivity index (χ1v) is 14.4. The smallest absolute Gasteiger partial charge is 0.200 e. The molecule has 0 bridgehead atoms. The molecule has 1 nitrogen and oxygen atoms in total. The van der Waals surface area contributed by atoms with Crippen LogP contribution < -0.4 is 9.75 Å². The lowest BCUT2D eigenvalue weighted by molar-refractivity contribution is -0.659. The molecule has 0 atom stereocenters. The molecule has 0 spiro atoms. The van der Waals surface area contributed by atoms with E-state index in [9.17, 15) is 0 Å². The highest BCUT2D eigenvalue weighted by Crippen LogP contribution is 2.39. The Labute approximate surface area is 177 Å². The van der Waals surface area contributed by atoms with Crippen molar-refractivity contribution in [1.82, 2.24) is 0 Å². The first-order chi connectivity index (χ1) is 13.8. The maximum absolute atomic E-state index is 2.59. The molecule has 0 N–H and O–H groups in total. The van der Waals surface area contributed by atoms with Crippen molar-refractivity contribution in [2.45, 2.75) is 71.0 Å². The van der Waals surface area contributed by atoms with Crippen LogP contribution in [0.4, 0.5) is 0 Å². The van der Waals surface area contributed by atoms with Gasteiger partial charge in [-0.15, -0.1) is 0 Å². The lowest BCUT2D eigenvalue weighted by Gasteiger charge is -2.30. The highest BCUT2D eigenvalue weighted by atomic mass is 28.3. The molecule has 1 fully saturated rings. The maximum atomic E-state index is 2.59. The van der Waals surface area contributed by atoms with Gasteiger partial charge < -0.3 is 0 Å². The van der Waals surface area contributed by atoms with Crippen molar-refractivity contribution in [1.29, 1.82) is 0 Å². The van der Waals surface area contributed by atoms with Crippen LogP contribution in [0.15, 0.2) is 48.7 Å². The summed E-state index contributed by atoms with van der Waals surface area (Å²) in [6, 6.07) is 16.7. The summed E-state index contributed by atoms with van der Waals surface area (Å²) in [4.78, 5) is 0. The Balaban J connectivity index is 1.87. The van der Waals surface area contributed by atoms with E-state index in [1.54, 1.807) is 5.19 Å². The molecule has 1 aromatic heterocycles. The van der Waals surface area contributed by atoms with Crippen LogP contribution in [0.3, 0.4) is 0 Å². The molecule has 2 aromatic carbocycles. The Bertz CT molecular complexity index is 1040. The standard InChI is InChI=1S/C27H36NSi/c1-19(2)21-12-11-20(3)26(18-21)27-25-14-13-24(17-22(25)15-16-28(27)4)29(5,6)23-9-7-8-10-23/h11-19,23H,7-10H2,1-6H3/q+1. The number of rotatable bonds is 4. The summed E-state index contributed by atoms with van der Waals surface area (Å²) in [7, 11) is 0.767. The predicted octanol–water partition coefficient (Wildman–Crippen LogP) is 6.62. The van der Waals surface area contributed by atoms with Crippen LogP contribution >= 0.6 is 0 Å². The van der Waals surface area contributed by atoms with Crippen LogP contribution in [0.2, 0.25) is 18.6 Å². The van der Waals surface area contributed by atoms with Gasteiger partial charge in [0, 0.05) is 11.6 Å². The van der Waals surface area contributed by atoms with Gasteiger partial charge in [-0.2, -0.15) is 0 Å². The van der Waals surface area contributed by atoms with E-state index >= 15 is 0 Å². The summed E-state index contributed by atoms with van der Waals surface area (Å²) >= 11 is 0. The van der Waals surface area contributed by atoms with Gasteiger partial charge in [0.25, 0.3) is 0 Å². The highest BCUT2D eigenvalue weighted by Gasteiger charge is 2.35. The van der Waals surface area contributed by atoms with E-state index < -0.39 is 8.07 Å². The third-order valence-electron chi connectivity index (χ3n) is 7.44. The van der Waals surface area contributed by atoms with Gasteiger partial charge in [0.1, 0.15) is 7.05 Å². The van der Waals surface area contributed by atoms with Crippen LogP contribution in [0.1, 0.15) is 56.6 Å². The van der Waals surface area contributed by atoms with E-state index in [0.717, 1.165) is 5.54 Å². The fraction of sp³-hybridized carbons (Fsp3) is 0.444. The Kier molecular flexibility index (Phi) is 5.41. The van der Waals surface area contributed by atoms with Gasteiger partial charge in [0.2, 0.25) is 5.69 Å². The number of hydrogen-bond donors (Lipinski definition) is 0. The van der Waals surface area contributed by atoms with Gasteiger partial charge in [-0.1, -0.05) is 82.1 Å². The van der Waals surface area contributed by atoms with Crippen molar-refractivity contribution in [3.63, 3.8) is 0 Å². The fourth-order valence-electron chi connectivity index (χ4n) is 5.25. The molecule has 152 valence electrons. The average molecular weight is 403 g/mol. The molecule has 0 aliphatic heterocycles. The van der Waals surface area contributed by atoms with Crippen LogP contribution in [0.25, 0.3) is 22.0 Å². The molecule has 1 aliphatic carbocycles. The van der Waals surface area contributed by atoms with Crippen molar-refractivity contribution in [3.05, 3.63) is 59.8 Å². The first kappa shape index (κ1) is 20.3. The minimum atomic E-state index is -1.42. The monoisotopic (exact) mass is 402 g/mol. The summed E-state index contributed by atoms with van der Waals surface area (Å²) in [6.07, 6.45) is 7.98. The van der Waals surface area contributed by atoms with Crippen LogP contribution in [-0.2, 0) is 7.05 Å². The van der Waals surface area contributed by atoms with Gasteiger partial charge in [-0.05, 0) is 47.0 Å². The first-order valence-electron chi connectivity index (χ1n) is 11.3. The lowest BCUT2D eigenvalue weighted by Crippen LogP contribution is -2.45. The summed E-state index contributed by atoms with van der Waals surface area (Å²) in [6.45, 7) is 12.0. The van der Waals surface area contributed by atoms with Crippen LogP contribution in [-0.4, -0.2) is 8.07 Å². The average Bonchev–Trinajstić information content (AvgIpc) is 3.24. The summed E-state index contributed by atoms with van der Waals surface area (Å²) in [5.41, 5.74) is 6.42. The molecule has 0 radical (unpaired) electrons. The minimum Gasteiger partial charge on any atom is -0.200 e. The molecular weight excluding hydrogens is 366 g/mol. The topological polar surface area (TPSA) is 3.88 Å². The molecule has 0 unspecified atom stereocenters. The van der Waals surface area contributed by atoms with Gasteiger partial charge in [-0.3, -0.25) is 0 Å². The van der Waals surface area contributed by atoms with Gasteiger partial charge >= 0.3 is 0 Å². The molecule has 1 aliphatic rings. The Morgan fingerprint density at radius 3 is 2.38 bits per heavy atom. The van der Waals surface area contributed by atoms with Gasteiger partial charge in [0.05, 0.1) is 13.5 Å². The van der Waals surface area contributed by atoms with E-state index in [1.807, 2.05) is 0 Å². The van der Waals surface area contributed by atoms with Crippen molar-refractivity contribution < 1.29 is 4.57 Å². The van der Waals surface area contributed by atoms with Crippen LogP contribution in [0.5, 0.6) is 0 Å². The number of fused-ring (bicyclic) bond motifs is 1. The molecule has 29 heavy (non-hydrogen) atoms. The van der Waals surface area contributed by atoms with Gasteiger partial charge in [-0.25, -0.2) is 4.57 Å². The summed E-state index contributed by atoms with van der Waals surface area (Å²) in [5, 5.41) is 4.40. The number of nitrogens with zero attached hydrogens (tertiary/aromatic N) is 1. The molecular formula is C27H36NSi+. The SMILES string of the molecule is Cc1ccc(C(C)C)cc1-c1c2ccc([Si](C)(C)C3CCCC3)cc2cc[n+]1C. The highest BCUT2D eigenvalue weighted by molar-refractivity contribution is 6.91. The van der Waals surface area contributed by atoms with Crippen molar-refractivity contribution in [2.24, 2.45) is 7.05 Å². The van der Waals surface area contributed by atoms with Crippen molar-refractivity contribution in [2.75, 3.05) is 0 Å². The zero-order valence-electron chi connectivity index (χ0n) is 19.0. The third-order valence-corrected chi connectivity index (χ3v) is 11.9. The fourth-order valence-corrected chi connectivity index (χ4v) is 8.61. The zero-order valence-corrected chi connectivity index (χ0v) is 20.0. The number of hydrogen-bond acceptors (Lipinski definition) is 0. The molecule has 4 rings (SSSR count). The Morgan fingerprint density at radius 2 is 1.69 bits per heavy atom. The normalized spacial score (nSPS) is 15.6. The number of aryl methyl sites for hydroxylation is 2. The zero-order chi connectivity index (χ0) is 20.8. The second-order valence-electron chi connectivity index (χ2n) is 10.0. The number of benzene rings is 2. The second kappa shape index (κ2) is 7.72. The number of pyridine rings is 1. The Morgan fingerprint density at radius 1 is 0.966 bits per heavy atom. The lowest BCUT2D eigenvalue weighted by atomic mass is 9.94. The Hall–Kier alpha value is -1.93. The van der Waals surface area contributed by atoms with E-state index in [1.165, 1.54) is 58.8 Å². The molecule has 0 saturated heterocycles. The summed E-state index contributed by atoms with van der Waals surface area (Å²) < 4.78 is 2.30. The van der Waals surface area contributed by atoms with Gasteiger partial charge in [0.15, 0.2) is 6.20 Å². The molecule has 2 heteroatoms. The van der Waals surface area contributed by atoms with Crippen molar-refractivity contribution in [3.8, 4) is 11.3 Å². The van der Waals surface area contributed by atoms with E-state index in [2.05, 4.69) is 94.1 Å².